The van der Waals surface area contributed by atoms with E-state index in [1.54, 1.807) is 24.3 Å². The van der Waals surface area contributed by atoms with Crippen LogP contribution in [0.3, 0.4) is 0 Å². The lowest BCUT2D eigenvalue weighted by Gasteiger charge is -2.30. The first-order valence-electron chi connectivity index (χ1n) is 8.78. The van der Waals surface area contributed by atoms with E-state index in [4.69, 9.17) is 8.94 Å². The molecular weight excluding hydrogens is 371 g/mol. The number of halogens is 2. The standard InChI is InChI=1S/C19H21FN4O2.ClH/c1-24-11-10-21-12-16(24)19-22-18(26-23-19)9-7-13-6-8-17(25-13)14-4-2-3-5-15(14)20;/h2-6,8,16,21H,7,9-12H2,1H3;1H. The van der Waals surface area contributed by atoms with Crippen molar-refractivity contribution < 1.29 is 13.3 Å². The highest BCUT2D eigenvalue weighted by Crippen LogP contribution is 2.25. The van der Waals surface area contributed by atoms with E-state index in [1.807, 2.05) is 6.07 Å². The molecule has 1 atom stereocenters. The molecule has 0 bridgehead atoms. The Morgan fingerprint density at radius 1 is 1.22 bits per heavy atom. The molecule has 4 rings (SSSR count). The zero-order valence-electron chi connectivity index (χ0n) is 15.0. The number of benzene rings is 1. The van der Waals surface area contributed by atoms with Crippen molar-refractivity contribution in [2.24, 2.45) is 0 Å². The molecule has 3 heterocycles. The molecule has 1 aromatic carbocycles. The van der Waals surface area contributed by atoms with Gasteiger partial charge in [-0.15, -0.1) is 12.4 Å². The molecule has 144 valence electrons. The Hall–Kier alpha value is -2.22. The van der Waals surface area contributed by atoms with E-state index >= 15 is 0 Å². The third-order valence-corrected chi connectivity index (χ3v) is 4.68. The monoisotopic (exact) mass is 392 g/mol. The van der Waals surface area contributed by atoms with Gasteiger partial charge in [0, 0.05) is 32.5 Å². The second kappa shape index (κ2) is 8.65. The number of piperazine rings is 1. The molecular formula is C19H22ClFN4O2. The van der Waals surface area contributed by atoms with Crippen LogP contribution in [0.15, 0.2) is 45.3 Å². The van der Waals surface area contributed by atoms with Crippen LogP contribution in [0.1, 0.15) is 23.5 Å². The molecule has 0 spiro atoms. The summed E-state index contributed by atoms with van der Waals surface area (Å²) in [5, 5.41) is 7.46. The molecule has 0 saturated carbocycles. The van der Waals surface area contributed by atoms with Crippen LogP contribution in [0.2, 0.25) is 0 Å². The van der Waals surface area contributed by atoms with Crippen LogP contribution >= 0.6 is 12.4 Å². The molecule has 1 N–H and O–H groups in total. The van der Waals surface area contributed by atoms with Gasteiger partial charge in [0.15, 0.2) is 5.82 Å². The maximum Gasteiger partial charge on any atom is 0.227 e. The van der Waals surface area contributed by atoms with E-state index in [2.05, 4.69) is 27.4 Å². The maximum atomic E-state index is 13.8. The number of hydrogen-bond donors (Lipinski definition) is 1. The van der Waals surface area contributed by atoms with Crippen molar-refractivity contribution in [3.05, 3.63) is 59.7 Å². The highest BCUT2D eigenvalue weighted by Gasteiger charge is 2.25. The molecule has 2 aromatic heterocycles. The Balaban J connectivity index is 0.00000210. The first-order valence-corrected chi connectivity index (χ1v) is 8.78. The summed E-state index contributed by atoms with van der Waals surface area (Å²) >= 11 is 0. The summed E-state index contributed by atoms with van der Waals surface area (Å²) in [4.78, 5) is 6.74. The van der Waals surface area contributed by atoms with Crippen LogP contribution < -0.4 is 5.32 Å². The number of hydrogen-bond acceptors (Lipinski definition) is 6. The van der Waals surface area contributed by atoms with Crippen LogP contribution in [0.25, 0.3) is 11.3 Å². The molecule has 1 aliphatic rings. The maximum absolute atomic E-state index is 13.8. The number of furan rings is 1. The van der Waals surface area contributed by atoms with Gasteiger partial charge in [0.1, 0.15) is 17.3 Å². The summed E-state index contributed by atoms with van der Waals surface area (Å²) in [6.45, 7) is 2.75. The van der Waals surface area contributed by atoms with Crippen LogP contribution in [0, 0.1) is 5.82 Å². The van der Waals surface area contributed by atoms with E-state index < -0.39 is 0 Å². The molecule has 1 fully saturated rings. The van der Waals surface area contributed by atoms with E-state index in [0.717, 1.165) is 25.4 Å². The smallest absolute Gasteiger partial charge is 0.227 e. The Labute approximate surface area is 163 Å². The molecule has 8 heteroatoms. The van der Waals surface area contributed by atoms with E-state index in [-0.39, 0.29) is 24.3 Å². The van der Waals surface area contributed by atoms with Gasteiger partial charge in [0.2, 0.25) is 5.89 Å². The minimum atomic E-state index is -0.292. The molecule has 0 aliphatic carbocycles. The van der Waals surface area contributed by atoms with Gasteiger partial charge in [-0.05, 0) is 31.3 Å². The number of aryl methyl sites for hydroxylation is 2. The van der Waals surface area contributed by atoms with E-state index in [1.165, 1.54) is 6.07 Å². The number of rotatable bonds is 5. The zero-order valence-corrected chi connectivity index (χ0v) is 15.8. The molecule has 1 aliphatic heterocycles. The van der Waals surface area contributed by atoms with Gasteiger partial charge in [0.25, 0.3) is 0 Å². The molecule has 3 aromatic rings. The molecule has 1 saturated heterocycles. The predicted molar refractivity (Wildman–Crippen MR) is 101 cm³/mol. The highest BCUT2D eigenvalue weighted by atomic mass is 35.5. The highest BCUT2D eigenvalue weighted by molar-refractivity contribution is 5.85. The minimum Gasteiger partial charge on any atom is -0.461 e. The van der Waals surface area contributed by atoms with Crippen molar-refractivity contribution in [3.63, 3.8) is 0 Å². The normalized spacial score (nSPS) is 17.6. The third-order valence-electron chi connectivity index (χ3n) is 4.68. The van der Waals surface area contributed by atoms with Crippen molar-refractivity contribution in [3.8, 4) is 11.3 Å². The summed E-state index contributed by atoms with van der Waals surface area (Å²) in [6, 6.07) is 10.4. The van der Waals surface area contributed by atoms with Crippen molar-refractivity contribution in [2.45, 2.75) is 18.9 Å². The Morgan fingerprint density at radius 3 is 2.89 bits per heavy atom. The van der Waals surface area contributed by atoms with E-state index in [9.17, 15) is 4.39 Å². The second-order valence-electron chi connectivity index (χ2n) is 6.49. The summed E-state index contributed by atoms with van der Waals surface area (Å²) in [5.74, 6) is 2.29. The summed E-state index contributed by atoms with van der Waals surface area (Å²) in [6.07, 6.45) is 1.20. The zero-order chi connectivity index (χ0) is 17.9. The lowest BCUT2D eigenvalue weighted by molar-refractivity contribution is 0.190. The summed E-state index contributed by atoms with van der Waals surface area (Å²) in [7, 11) is 2.06. The molecule has 6 nitrogen and oxygen atoms in total. The summed E-state index contributed by atoms with van der Waals surface area (Å²) in [5.41, 5.74) is 0.465. The van der Waals surface area contributed by atoms with Crippen LogP contribution in [0.4, 0.5) is 4.39 Å². The Kier molecular flexibility index (Phi) is 6.26. The Bertz CT molecular complexity index is 882. The van der Waals surface area contributed by atoms with Crippen molar-refractivity contribution in [1.82, 2.24) is 20.4 Å². The molecule has 0 amide bonds. The van der Waals surface area contributed by atoms with E-state index in [0.29, 0.717) is 35.9 Å². The van der Waals surface area contributed by atoms with Gasteiger partial charge < -0.3 is 14.3 Å². The first-order chi connectivity index (χ1) is 12.7. The number of nitrogens with one attached hydrogen (secondary N) is 1. The minimum absolute atomic E-state index is 0. The average molecular weight is 393 g/mol. The molecule has 27 heavy (non-hydrogen) atoms. The fraction of sp³-hybridized carbons (Fsp3) is 0.368. The van der Waals surface area contributed by atoms with Crippen molar-refractivity contribution in [1.29, 1.82) is 0 Å². The van der Waals surface area contributed by atoms with Gasteiger partial charge >= 0.3 is 0 Å². The fourth-order valence-electron chi connectivity index (χ4n) is 3.15. The second-order valence-corrected chi connectivity index (χ2v) is 6.49. The topological polar surface area (TPSA) is 67.3 Å². The third kappa shape index (κ3) is 4.37. The van der Waals surface area contributed by atoms with Gasteiger partial charge in [0.05, 0.1) is 11.6 Å². The van der Waals surface area contributed by atoms with Gasteiger partial charge in [-0.3, -0.25) is 4.90 Å². The first kappa shape index (κ1) is 19.5. The van der Waals surface area contributed by atoms with Crippen LogP contribution in [-0.2, 0) is 12.8 Å². The molecule has 1 unspecified atom stereocenters. The number of likely N-dealkylation sites (N-methyl/N-ethyl adjacent to an activating group) is 1. The largest absolute Gasteiger partial charge is 0.461 e. The SMILES string of the molecule is CN1CCNCC1c1noc(CCc2ccc(-c3ccccc3F)o2)n1.Cl. The van der Waals surface area contributed by atoms with Gasteiger partial charge in [-0.1, -0.05) is 17.3 Å². The number of aromatic nitrogens is 2. The quantitative estimate of drug-likeness (QED) is 0.719. The lowest BCUT2D eigenvalue weighted by atomic mass is 10.1. The lowest BCUT2D eigenvalue weighted by Crippen LogP contribution is -2.44. The fourth-order valence-corrected chi connectivity index (χ4v) is 3.15. The van der Waals surface area contributed by atoms with Gasteiger partial charge in [-0.2, -0.15) is 4.98 Å². The van der Waals surface area contributed by atoms with Crippen LogP contribution in [-0.4, -0.2) is 41.7 Å². The number of nitrogens with zero attached hydrogens (tertiary/aromatic N) is 3. The molecule has 0 radical (unpaired) electrons. The predicted octanol–water partition coefficient (Wildman–Crippen LogP) is 3.25. The van der Waals surface area contributed by atoms with Crippen molar-refractivity contribution >= 4 is 12.4 Å². The van der Waals surface area contributed by atoms with Crippen LogP contribution in [0.5, 0.6) is 0 Å². The van der Waals surface area contributed by atoms with Crippen molar-refractivity contribution in [2.75, 3.05) is 26.7 Å². The summed E-state index contributed by atoms with van der Waals surface area (Å²) < 4.78 is 25.0. The average Bonchev–Trinajstić information content (AvgIpc) is 3.30. The van der Waals surface area contributed by atoms with Gasteiger partial charge in [-0.25, -0.2) is 4.39 Å². The Morgan fingerprint density at radius 2 is 2.07 bits per heavy atom.